The second-order valence-corrected chi connectivity index (χ2v) is 5.60. The molecule has 1 N–H and O–H groups in total. The summed E-state index contributed by atoms with van der Waals surface area (Å²) in [6.45, 7) is 0.112. The molecule has 0 atom stereocenters. The molecule has 1 amide bonds. The third-order valence-electron chi connectivity index (χ3n) is 3.97. The predicted octanol–water partition coefficient (Wildman–Crippen LogP) is 2.21. The van der Waals surface area contributed by atoms with Crippen molar-refractivity contribution in [1.82, 2.24) is 15.0 Å². The van der Waals surface area contributed by atoms with E-state index in [1.165, 1.54) is 6.21 Å². The van der Waals surface area contributed by atoms with Crippen LogP contribution in [0.4, 0.5) is 0 Å². The second-order valence-electron chi connectivity index (χ2n) is 5.60. The Labute approximate surface area is 156 Å². The number of benzene rings is 2. The zero-order valence-electron chi connectivity index (χ0n) is 15.3. The number of nitrogens with zero attached hydrogens (tertiary/aromatic N) is 3. The van der Waals surface area contributed by atoms with Crippen LogP contribution in [0.3, 0.4) is 0 Å². The van der Waals surface area contributed by atoms with Crippen LogP contribution in [0.15, 0.2) is 47.8 Å². The summed E-state index contributed by atoms with van der Waals surface area (Å²) >= 11 is 0. The lowest BCUT2D eigenvalue weighted by molar-refractivity contribution is -0.121. The van der Waals surface area contributed by atoms with Crippen LogP contribution in [0.5, 0.6) is 17.2 Å². The highest BCUT2D eigenvalue weighted by molar-refractivity contribution is 5.87. The second kappa shape index (κ2) is 8.22. The van der Waals surface area contributed by atoms with Gasteiger partial charge in [-0.3, -0.25) is 4.79 Å². The molecule has 0 fully saturated rings. The molecule has 3 rings (SSSR count). The van der Waals surface area contributed by atoms with Gasteiger partial charge in [0.25, 0.3) is 5.91 Å². The van der Waals surface area contributed by atoms with Gasteiger partial charge in [-0.1, -0.05) is 12.1 Å². The first kappa shape index (κ1) is 18.2. The van der Waals surface area contributed by atoms with Gasteiger partial charge in [0.15, 0.2) is 11.5 Å². The summed E-state index contributed by atoms with van der Waals surface area (Å²) in [5, 5.41) is 4.01. The number of para-hydroxylation sites is 2. The molecule has 0 spiro atoms. The van der Waals surface area contributed by atoms with E-state index >= 15 is 0 Å². The minimum absolute atomic E-state index is 0.112. The summed E-state index contributed by atoms with van der Waals surface area (Å²) in [6.07, 6.45) is 3.12. The largest absolute Gasteiger partial charge is 0.496 e. The van der Waals surface area contributed by atoms with Gasteiger partial charge < -0.3 is 18.8 Å². The molecule has 0 bridgehead atoms. The summed E-state index contributed by atoms with van der Waals surface area (Å²) in [4.78, 5) is 16.4. The van der Waals surface area contributed by atoms with Gasteiger partial charge in [-0.25, -0.2) is 10.4 Å². The molecule has 3 aromatic rings. The van der Waals surface area contributed by atoms with Crippen molar-refractivity contribution in [2.24, 2.45) is 5.10 Å². The Balaban J connectivity index is 1.70. The third kappa shape index (κ3) is 4.00. The van der Waals surface area contributed by atoms with Crippen molar-refractivity contribution in [1.29, 1.82) is 0 Å². The number of imidazole rings is 1. The van der Waals surface area contributed by atoms with Crippen molar-refractivity contribution in [3.63, 3.8) is 0 Å². The highest BCUT2D eigenvalue weighted by atomic mass is 16.5. The first-order chi connectivity index (χ1) is 13.2. The van der Waals surface area contributed by atoms with Crippen molar-refractivity contribution in [3.8, 4) is 17.2 Å². The number of amides is 1. The fourth-order valence-electron chi connectivity index (χ4n) is 2.65. The molecule has 27 heavy (non-hydrogen) atoms. The maximum atomic E-state index is 12.2. The normalized spacial score (nSPS) is 10.9. The van der Waals surface area contributed by atoms with Crippen LogP contribution in [0.25, 0.3) is 11.0 Å². The number of carbonyl (C=O) groups is 1. The molecular formula is C19H20N4O4. The monoisotopic (exact) mass is 368 g/mol. The van der Waals surface area contributed by atoms with E-state index in [0.717, 1.165) is 11.0 Å². The molecule has 0 saturated carbocycles. The van der Waals surface area contributed by atoms with E-state index in [0.29, 0.717) is 22.8 Å². The van der Waals surface area contributed by atoms with Gasteiger partial charge in [0, 0.05) is 11.6 Å². The number of hydrogen-bond donors (Lipinski definition) is 1. The number of carbonyl (C=O) groups excluding carboxylic acids is 1. The Morgan fingerprint density at radius 2 is 1.81 bits per heavy atom. The summed E-state index contributed by atoms with van der Waals surface area (Å²) in [5.41, 5.74) is 4.87. The van der Waals surface area contributed by atoms with Crippen LogP contribution in [0.2, 0.25) is 0 Å². The summed E-state index contributed by atoms with van der Waals surface area (Å²) in [6, 6.07) is 11.0. The van der Waals surface area contributed by atoms with E-state index in [4.69, 9.17) is 14.2 Å². The zero-order chi connectivity index (χ0) is 19.2. The van der Waals surface area contributed by atoms with Crippen LogP contribution < -0.4 is 19.6 Å². The average Bonchev–Trinajstić information content (AvgIpc) is 3.10. The van der Waals surface area contributed by atoms with Crippen molar-refractivity contribution in [2.45, 2.75) is 6.54 Å². The molecule has 1 aromatic heterocycles. The predicted molar refractivity (Wildman–Crippen MR) is 102 cm³/mol. The van der Waals surface area contributed by atoms with Crippen LogP contribution >= 0.6 is 0 Å². The van der Waals surface area contributed by atoms with Crippen molar-refractivity contribution >= 4 is 23.2 Å². The van der Waals surface area contributed by atoms with Crippen LogP contribution in [-0.2, 0) is 11.3 Å². The number of aromatic nitrogens is 2. The SMILES string of the molecule is COc1cc(OC)c(OC)cc1C=NNC(=O)Cn1cnc2ccccc21. The van der Waals surface area contributed by atoms with Gasteiger partial charge in [0.1, 0.15) is 12.3 Å². The molecule has 0 aliphatic heterocycles. The highest BCUT2D eigenvalue weighted by Gasteiger charge is 2.11. The molecule has 8 heteroatoms. The molecule has 140 valence electrons. The molecule has 1 heterocycles. The van der Waals surface area contributed by atoms with Crippen molar-refractivity contribution in [3.05, 3.63) is 48.3 Å². The molecule has 0 unspecified atom stereocenters. The lowest BCUT2D eigenvalue weighted by Crippen LogP contribution is -2.22. The summed E-state index contributed by atoms with van der Waals surface area (Å²) in [7, 11) is 4.63. The van der Waals surface area contributed by atoms with E-state index in [1.54, 1.807) is 44.4 Å². The molecular weight excluding hydrogens is 348 g/mol. The van der Waals surface area contributed by atoms with Gasteiger partial charge in [-0.15, -0.1) is 0 Å². The lowest BCUT2D eigenvalue weighted by Gasteiger charge is -2.11. The van der Waals surface area contributed by atoms with E-state index in [9.17, 15) is 4.79 Å². The number of ether oxygens (including phenoxy) is 3. The number of rotatable bonds is 7. The minimum Gasteiger partial charge on any atom is -0.496 e. The molecule has 8 nitrogen and oxygen atoms in total. The minimum atomic E-state index is -0.270. The molecule has 0 saturated heterocycles. The van der Waals surface area contributed by atoms with Gasteiger partial charge in [0.05, 0.1) is 44.9 Å². The Hall–Kier alpha value is -3.55. The third-order valence-corrected chi connectivity index (χ3v) is 3.97. The van der Waals surface area contributed by atoms with Crippen LogP contribution in [-0.4, -0.2) is 43.0 Å². The lowest BCUT2D eigenvalue weighted by atomic mass is 10.2. The van der Waals surface area contributed by atoms with Crippen LogP contribution in [0, 0.1) is 0 Å². The number of methoxy groups -OCH3 is 3. The maximum absolute atomic E-state index is 12.2. The molecule has 0 aliphatic carbocycles. The fraction of sp³-hybridized carbons (Fsp3) is 0.211. The molecule has 0 radical (unpaired) electrons. The van der Waals surface area contributed by atoms with Gasteiger partial charge in [-0.2, -0.15) is 5.10 Å². The average molecular weight is 368 g/mol. The standard InChI is InChI=1S/C19H20N4O4/c1-25-16-9-18(27-3)17(26-2)8-13(16)10-21-22-19(24)11-23-12-20-14-6-4-5-7-15(14)23/h4-10,12H,11H2,1-3H3,(H,22,24). The molecule has 2 aromatic carbocycles. The van der Waals surface area contributed by atoms with E-state index in [-0.39, 0.29) is 12.5 Å². The zero-order valence-corrected chi connectivity index (χ0v) is 15.3. The van der Waals surface area contributed by atoms with Gasteiger partial charge in [-0.05, 0) is 18.2 Å². The van der Waals surface area contributed by atoms with Gasteiger partial charge >= 0.3 is 0 Å². The highest BCUT2D eigenvalue weighted by Crippen LogP contribution is 2.33. The number of fused-ring (bicyclic) bond motifs is 1. The fourth-order valence-corrected chi connectivity index (χ4v) is 2.65. The van der Waals surface area contributed by atoms with E-state index in [1.807, 2.05) is 24.3 Å². The van der Waals surface area contributed by atoms with Gasteiger partial charge in [0.2, 0.25) is 0 Å². The first-order valence-electron chi connectivity index (χ1n) is 8.18. The maximum Gasteiger partial charge on any atom is 0.260 e. The van der Waals surface area contributed by atoms with Crippen LogP contribution in [0.1, 0.15) is 5.56 Å². The number of nitrogens with one attached hydrogen (secondary N) is 1. The van der Waals surface area contributed by atoms with E-state index < -0.39 is 0 Å². The number of hydrogen-bond acceptors (Lipinski definition) is 6. The Morgan fingerprint density at radius 1 is 1.11 bits per heavy atom. The first-order valence-corrected chi connectivity index (χ1v) is 8.18. The molecule has 0 aliphatic rings. The quantitative estimate of drug-likeness (QED) is 0.510. The Morgan fingerprint density at radius 3 is 2.56 bits per heavy atom. The van der Waals surface area contributed by atoms with E-state index in [2.05, 4.69) is 15.5 Å². The van der Waals surface area contributed by atoms with Crippen molar-refractivity contribution < 1.29 is 19.0 Å². The summed E-state index contributed by atoms with van der Waals surface area (Å²) in [5.74, 6) is 1.36. The topological polar surface area (TPSA) is 87.0 Å². The smallest absolute Gasteiger partial charge is 0.260 e. The van der Waals surface area contributed by atoms with Crippen molar-refractivity contribution in [2.75, 3.05) is 21.3 Å². The summed E-state index contributed by atoms with van der Waals surface area (Å²) < 4.78 is 17.6. The Kier molecular flexibility index (Phi) is 5.55. The number of hydrazone groups is 1. The Bertz CT molecular complexity index is 981.